The van der Waals surface area contributed by atoms with Crippen LogP contribution in [-0.2, 0) is 11.3 Å². The topological polar surface area (TPSA) is 67.4 Å². The van der Waals surface area contributed by atoms with E-state index >= 15 is 0 Å². The molecule has 3 rings (SSSR count). The second kappa shape index (κ2) is 9.59. The molecule has 142 valence electrons. The van der Waals surface area contributed by atoms with Gasteiger partial charge in [0.25, 0.3) is 0 Å². The molecule has 6 nitrogen and oxygen atoms in total. The van der Waals surface area contributed by atoms with Crippen molar-refractivity contribution in [3.63, 3.8) is 0 Å². The molecular weight excluding hydrogens is 355 g/mol. The molecule has 0 saturated carbocycles. The van der Waals surface area contributed by atoms with Crippen molar-refractivity contribution in [3.8, 4) is 5.75 Å². The Balaban J connectivity index is 0.000000758. The van der Waals surface area contributed by atoms with Gasteiger partial charge in [0.05, 0.1) is 4.88 Å². The number of rotatable bonds is 5. The van der Waals surface area contributed by atoms with Crippen LogP contribution in [0.25, 0.3) is 0 Å². The smallest absolute Gasteiger partial charge is 0.230 e. The molecule has 0 aromatic carbocycles. The van der Waals surface area contributed by atoms with Crippen molar-refractivity contribution in [2.45, 2.75) is 39.8 Å². The molecule has 3 heterocycles. The Kier molecular flexibility index (Phi) is 7.47. The molecular formula is C18H25FN4O2S. The van der Waals surface area contributed by atoms with Crippen LogP contribution in [0.1, 0.15) is 29.6 Å². The average molecular weight is 380 g/mol. The van der Waals surface area contributed by atoms with Gasteiger partial charge in [-0.3, -0.25) is 9.88 Å². The molecule has 2 aromatic heterocycles. The van der Waals surface area contributed by atoms with Crippen LogP contribution in [0.2, 0.25) is 0 Å². The third-order valence-corrected chi connectivity index (χ3v) is 4.85. The maximum Gasteiger partial charge on any atom is 0.230 e. The van der Waals surface area contributed by atoms with Crippen molar-refractivity contribution in [2.24, 2.45) is 0 Å². The lowest BCUT2D eigenvalue weighted by molar-refractivity contribution is -0.106. The summed E-state index contributed by atoms with van der Waals surface area (Å²) in [5.41, 5.74) is 1.92. The predicted molar refractivity (Wildman–Crippen MR) is 101 cm³/mol. The fraction of sp³-hybridized carbons (Fsp3) is 0.500. The van der Waals surface area contributed by atoms with E-state index in [1.54, 1.807) is 7.05 Å². The quantitative estimate of drug-likeness (QED) is 0.804. The first-order chi connectivity index (χ1) is 12.4. The fourth-order valence-corrected chi connectivity index (χ4v) is 3.67. The van der Waals surface area contributed by atoms with Crippen molar-refractivity contribution in [3.05, 3.63) is 34.3 Å². The van der Waals surface area contributed by atoms with Gasteiger partial charge < -0.3 is 14.8 Å². The van der Waals surface area contributed by atoms with Crippen LogP contribution in [0.3, 0.4) is 0 Å². The van der Waals surface area contributed by atoms with Gasteiger partial charge in [-0.2, -0.15) is 9.37 Å². The maximum absolute atomic E-state index is 13.8. The highest BCUT2D eigenvalue weighted by Gasteiger charge is 2.26. The van der Waals surface area contributed by atoms with Crippen LogP contribution in [0, 0.1) is 19.8 Å². The van der Waals surface area contributed by atoms with Gasteiger partial charge in [0.1, 0.15) is 18.1 Å². The van der Waals surface area contributed by atoms with E-state index in [-0.39, 0.29) is 12.1 Å². The number of anilines is 1. The number of carbonyl (C=O) groups is 1. The van der Waals surface area contributed by atoms with Crippen LogP contribution >= 0.6 is 11.3 Å². The van der Waals surface area contributed by atoms with Crippen molar-refractivity contribution in [1.82, 2.24) is 14.9 Å². The van der Waals surface area contributed by atoms with Gasteiger partial charge in [-0.15, -0.1) is 0 Å². The summed E-state index contributed by atoms with van der Waals surface area (Å²) >= 11 is 1.37. The van der Waals surface area contributed by atoms with Crippen LogP contribution < -0.4 is 10.1 Å². The number of hydrogen-bond donors (Lipinski definition) is 1. The number of nitrogens with one attached hydrogen (secondary N) is 1. The molecule has 1 aliphatic rings. The molecule has 26 heavy (non-hydrogen) atoms. The molecule has 0 aliphatic carbocycles. The zero-order valence-electron chi connectivity index (χ0n) is 15.6. The molecule has 1 fully saturated rings. The Labute approximate surface area is 157 Å². The van der Waals surface area contributed by atoms with Gasteiger partial charge in [-0.25, -0.2) is 0 Å². The highest BCUT2D eigenvalue weighted by Crippen LogP contribution is 2.26. The third kappa shape index (κ3) is 5.74. The van der Waals surface area contributed by atoms with Crippen molar-refractivity contribution >= 4 is 22.8 Å². The molecule has 2 aromatic rings. The Morgan fingerprint density at radius 2 is 2.04 bits per heavy atom. The minimum Gasteiger partial charge on any atom is -0.489 e. The number of halogens is 1. The Morgan fingerprint density at radius 1 is 1.38 bits per heavy atom. The van der Waals surface area contributed by atoms with Crippen molar-refractivity contribution in [2.75, 3.05) is 25.5 Å². The summed E-state index contributed by atoms with van der Waals surface area (Å²) in [6.07, 6.45) is 1.83. The summed E-state index contributed by atoms with van der Waals surface area (Å²) in [5, 5.41) is 3.50. The van der Waals surface area contributed by atoms with Crippen LogP contribution in [0.15, 0.2) is 12.1 Å². The van der Waals surface area contributed by atoms with Crippen molar-refractivity contribution < 1.29 is 13.9 Å². The van der Waals surface area contributed by atoms with Gasteiger partial charge in [0, 0.05) is 50.2 Å². The summed E-state index contributed by atoms with van der Waals surface area (Å²) in [7, 11) is 1.75. The first-order valence-electron chi connectivity index (χ1n) is 8.52. The largest absolute Gasteiger partial charge is 0.489 e. The van der Waals surface area contributed by atoms with Crippen LogP contribution in [-0.4, -0.2) is 47.4 Å². The van der Waals surface area contributed by atoms with Gasteiger partial charge >= 0.3 is 0 Å². The van der Waals surface area contributed by atoms with E-state index in [2.05, 4.69) is 20.2 Å². The van der Waals surface area contributed by atoms with Crippen LogP contribution in [0.4, 0.5) is 9.52 Å². The number of nitrogens with zero attached hydrogens (tertiary/aromatic N) is 3. The lowest BCUT2D eigenvalue weighted by atomic mass is 10.3. The van der Waals surface area contributed by atoms with E-state index in [0.717, 1.165) is 42.9 Å². The minimum absolute atomic E-state index is 0.135. The molecule has 0 amide bonds. The molecule has 1 N–H and O–H groups in total. The number of hydrogen-bond acceptors (Lipinski definition) is 7. The summed E-state index contributed by atoms with van der Waals surface area (Å²) in [4.78, 5) is 19.9. The second-order valence-corrected chi connectivity index (χ2v) is 7.15. The molecule has 1 saturated heterocycles. The molecule has 0 spiro atoms. The number of aldehydes is 1. The molecule has 0 bridgehead atoms. The van der Waals surface area contributed by atoms with Gasteiger partial charge in [-0.1, -0.05) is 11.3 Å². The number of pyridine rings is 1. The van der Waals surface area contributed by atoms with Gasteiger partial charge in [0.2, 0.25) is 5.95 Å². The molecule has 1 aliphatic heterocycles. The van der Waals surface area contributed by atoms with E-state index in [9.17, 15) is 4.39 Å². The standard InChI is InChI=1S/C16H21FN4OS.C2H4O/c1-10-6-13(7-11(2)19-10)22-12-4-5-21(8-12)9-14-15(17)20-16(18-3)23-14;1-2-3/h6-7,12H,4-5,8-9H2,1-3H3,(H,18,20);2H,1H3. The van der Waals surface area contributed by atoms with E-state index in [1.807, 2.05) is 26.0 Å². The number of thiazole rings is 1. The zero-order chi connectivity index (χ0) is 19.1. The first-order valence-corrected chi connectivity index (χ1v) is 9.33. The Bertz CT molecular complexity index is 718. The first kappa shape index (κ1) is 20.3. The number of likely N-dealkylation sites (tertiary alicyclic amines) is 1. The molecule has 0 radical (unpaired) electrons. The van der Waals surface area contributed by atoms with Gasteiger partial charge in [-0.05, 0) is 27.2 Å². The number of aryl methyl sites for hydroxylation is 2. The molecule has 1 unspecified atom stereocenters. The summed E-state index contributed by atoms with van der Waals surface area (Å²) < 4.78 is 19.8. The number of aromatic nitrogens is 2. The van der Waals surface area contributed by atoms with Gasteiger partial charge in [0.15, 0.2) is 5.13 Å². The molecule has 8 heteroatoms. The van der Waals surface area contributed by atoms with E-state index < -0.39 is 0 Å². The monoisotopic (exact) mass is 380 g/mol. The van der Waals surface area contributed by atoms with E-state index in [0.29, 0.717) is 16.6 Å². The fourth-order valence-electron chi connectivity index (χ4n) is 2.83. The number of carbonyl (C=O) groups excluding carboxylic acids is 1. The third-order valence-electron chi connectivity index (χ3n) is 3.82. The second-order valence-electron chi connectivity index (χ2n) is 6.07. The van der Waals surface area contributed by atoms with E-state index in [1.165, 1.54) is 18.3 Å². The zero-order valence-corrected chi connectivity index (χ0v) is 16.4. The number of ether oxygens (including phenoxy) is 1. The average Bonchev–Trinajstić information content (AvgIpc) is 3.14. The lowest BCUT2D eigenvalue weighted by Gasteiger charge is -2.16. The maximum atomic E-state index is 13.8. The predicted octanol–water partition coefficient (Wildman–Crippen LogP) is 3.19. The van der Waals surface area contributed by atoms with Crippen LogP contribution in [0.5, 0.6) is 5.75 Å². The highest BCUT2D eigenvalue weighted by atomic mass is 32.1. The summed E-state index contributed by atoms with van der Waals surface area (Å²) in [6, 6.07) is 3.91. The Morgan fingerprint density at radius 3 is 2.62 bits per heavy atom. The van der Waals surface area contributed by atoms with E-state index in [4.69, 9.17) is 9.53 Å². The Hall–Kier alpha value is -2.06. The normalized spacial score (nSPS) is 16.7. The van der Waals surface area contributed by atoms with Crippen molar-refractivity contribution in [1.29, 1.82) is 0 Å². The summed E-state index contributed by atoms with van der Waals surface area (Å²) in [6.45, 7) is 7.66. The lowest BCUT2D eigenvalue weighted by Crippen LogP contribution is -2.24. The summed E-state index contributed by atoms with van der Waals surface area (Å²) in [5.74, 6) is 0.493. The molecule has 1 atom stereocenters. The highest BCUT2D eigenvalue weighted by molar-refractivity contribution is 7.15. The minimum atomic E-state index is -0.371. The SMILES string of the molecule is CC=O.CNc1nc(F)c(CN2CCC(Oc3cc(C)nc(C)c3)C2)s1.